The van der Waals surface area contributed by atoms with E-state index < -0.39 is 0 Å². The highest BCUT2D eigenvalue weighted by Crippen LogP contribution is 2.10. The van der Waals surface area contributed by atoms with Crippen LogP contribution in [0.15, 0.2) is 24.3 Å². The molecule has 0 saturated carbocycles. The Labute approximate surface area is 76.3 Å². The molecule has 2 rings (SSSR count). The lowest BCUT2D eigenvalue weighted by Gasteiger charge is -2.01. The summed E-state index contributed by atoms with van der Waals surface area (Å²) in [6.45, 7) is 1.97. The van der Waals surface area contributed by atoms with E-state index in [4.69, 9.17) is 9.47 Å². The van der Waals surface area contributed by atoms with Gasteiger partial charge in [-0.05, 0) is 17.7 Å². The molecule has 0 aromatic heterocycles. The molecule has 1 aliphatic rings. The molecule has 70 valence electrons. The fourth-order valence-electron chi connectivity index (χ4n) is 1.05. The quantitative estimate of drug-likeness (QED) is 0.661. The summed E-state index contributed by atoms with van der Waals surface area (Å²) in [5, 5.41) is 0. The zero-order chi connectivity index (χ0) is 9.10. The molecule has 1 aliphatic heterocycles. The van der Waals surface area contributed by atoms with E-state index >= 15 is 0 Å². The van der Waals surface area contributed by atoms with Crippen molar-refractivity contribution in [1.82, 2.24) is 0 Å². The lowest BCUT2D eigenvalue weighted by atomic mass is 10.2. The van der Waals surface area contributed by atoms with Crippen molar-refractivity contribution in [2.75, 3.05) is 13.2 Å². The molecule has 1 heterocycles. The van der Waals surface area contributed by atoms with E-state index in [1.54, 1.807) is 12.1 Å². The Hall–Kier alpha value is -0.930. The molecule has 0 aliphatic carbocycles. The van der Waals surface area contributed by atoms with E-state index in [2.05, 4.69) is 0 Å². The molecule has 1 aromatic rings. The van der Waals surface area contributed by atoms with Crippen molar-refractivity contribution in [3.05, 3.63) is 35.6 Å². The van der Waals surface area contributed by atoms with Crippen molar-refractivity contribution in [2.45, 2.75) is 12.7 Å². The number of hydrogen-bond donors (Lipinski definition) is 0. The number of epoxide rings is 1. The van der Waals surface area contributed by atoms with Gasteiger partial charge in [0.1, 0.15) is 11.9 Å². The lowest BCUT2D eigenvalue weighted by Crippen LogP contribution is -2.01. The van der Waals surface area contributed by atoms with Crippen LogP contribution in [0.3, 0.4) is 0 Å². The molecule has 1 saturated heterocycles. The van der Waals surface area contributed by atoms with E-state index in [-0.39, 0.29) is 5.82 Å². The van der Waals surface area contributed by atoms with Crippen molar-refractivity contribution in [3.8, 4) is 0 Å². The molecule has 1 unspecified atom stereocenters. The molecule has 3 heteroatoms. The standard InChI is InChI=1S/C10H11FO2/c11-9-3-1-8(2-4-9)5-12-6-10-7-13-10/h1-4,10H,5-7H2. The molecule has 2 nitrogen and oxygen atoms in total. The first kappa shape index (κ1) is 8.66. The topological polar surface area (TPSA) is 21.8 Å². The number of hydrogen-bond acceptors (Lipinski definition) is 2. The van der Waals surface area contributed by atoms with Gasteiger partial charge in [0.2, 0.25) is 0 Å². The monoisotopic (exact) mass is 182 g/mol. The third-order valence-electron chi connectivity index (χ3n) is 1.89. The maximum absolute atomic E-state index is 12.5. The number of benzene rings is 1. The van der Waals surface area contributed by atoms with Crippen LogP contribution in [0.4, 0.5) is 4.39 Å². The molecule has 0 spiro atoms. The van der Waals surface area contributed by atoms with E-state index in [1.165, 1.54) is 12.1 Å². The normalized spacial score (nSPS) is 20.2. The predicted molar refractivity (Wildman–Crippen MR) is 45.8 cm³/mol. The van der Waals surface area contributed by atoms with E-state index in [0.29, 0.717) is 19.3 Å². The van der Waals surface area contributed by atoms with Gasteiger partial charge in [-0.1, -0.05) is 12.1 Å². The fourth-order valence-corrected chi connectivity index (χ4v) is 1.05. The van der Waals surface area contributed by atoms with Gasteiger partial charge >= 0.3 is 0 Å². The number of rotatable bonds is 4. The molecule has 13 heavy (non-hydrogen) atoms. The van der Waals surface area contributed by atoms with Gasteiger partial charge in [-0.25, -0.2) is 4.39 Å². The van der Waals surface area contributed by atoms with Crippen LogP contribution in [0, 0.1) is 5.82 Å². The zero-order valence-corrected chi connectivity index (χ0v) is 7.20. The highest BCUT2D eigenvalue weighted by atomic mass is 19.1. The van der Waals surface area contributed by atoms with E-state index in [1.807, 2.05) is 0 Å². The second-order valence-electron chi connectivity index (χ2n) is 3.10. The molecule has 1 atom stereocenters. The maximum Gasteiger partial charge on any atom is 0.123 e. The van der Waals surface area contributed by atoms with Crippen molar-refractivity contribution >= 4 is 0 Å². The second kappa shape index (κ2) is 3.85. The zero-order valence-electron chi connectivity index (χ0n) is 7.20. The molecule has 0 bridgehead atoms. The van der Waals surface area contributed by atoms with Gasteiger partial charge in [0.15, 0.2) is 0 Å². The first-order chi connectivity index (χ1) is 6.34. The van der Waals surface area contributed by atoms with Gasteiger partial charge in [-0.15, -0.1) is 0 Å². The highest BCUT2D eigenvalue weighted by molar-refractivity contribution is 5.14. The molecular weight excluding hydrogens is 171 g/mol. The van der Waals surface area contributed by atoms with Crippen LogP contribution in [0.2, 0.25) is 0 Å². The van der Waals surface area contributed by atoms with Crippen molar-refractivity contribution in [3.63, 3.8) is 0 Å². The van der Waals surface area contributed by atoms with Crippen LogP contribution in [-0.4, -0.2) is 19.3 Å². The third-order valence-corrected chi connectivity index (χ3v) is 1.89. The van der Waals surface area contributed by atoms with Crippen LogP contribution >= 0.6 is 0 Å². The molecule has 0 amide bonds. The number of halogens is 1. The molecule has 0 N–H and O–H groups in total. The van der Waals surface area contributed by atoms with Crippen molar-refractivity contribution < 1.29 is 13.9 Å². The van der Waals surface area contributed by atoms with Gasteiger partial charge in [0.05, 0.1) is 19.8 Å². The van der Waals surface area contributed by atoms with Gasteiger partial charge in [-0.2, -0.15) is 0 Å². The summed E-state index contributed by atoms with van der Waals surface area (Å²) < 4.78 is 22.8. The third kappa shape index (κ3) is 2.79. The first-order valence-electron chi connectivity index (χ1n) is 4.28. The largest absolute Gasteiger partial charge is 0.374 e. The molecular formula is C10H11FO2. The van der Waals surface area contributed by atoms with Gasteiger partial charge < -0.3 is 9.47 Å². The summed E-state index contributed by atoms with van der Waals surface area (Å²) >= 11 is 0. The van der Waals surface area contributed by atoms with Crippen LogP contribution in [0.25, 0.3) is 0 Å². The Kier molecular flexibility index (Phi) is 2.57. The molecule has 0 radical (unpaired) electrons. The average Bonchev–Trinajstić information content (AvgIpc) is 2.92. The Morgan fingerprint density at radius 2 is 2.08 bits per heavy atom. The van der Waals surface area contributed by atoms with Gasteiger partial charge in [-0.3, -0.25) is 0 Å². The van der Waals surface area contributed by atoms with Gasteiger partial charge in [0.25, 0.3) is 0 Å². The summed E-state index contributed by atoms with van der Waals surface area (Å²) in [5.74, 6) is -0.214. The Bertz CT molecular complexity index is 267. The average molecular weight is 182 g/mol. The van der Waals surface area contributed by atoms with Crippen LogP contribution in [0.5, 0.6) is 0 Å². The summed E-state index contributed by atoms with van der Waals surface area (Å²) in [6.07, 6.45) is 0.292. The summed E-state index contributed by atoms with van der Waals surface area (Å²) in [6, 6.07) is 6.32. The van der Waals surface area contributed by atoms with E-state index in [9.17, 15) is 4.39 Å². The molecule has 1 aromatic carbocycles. The minimum atomic E-state index is -0.214. The fraction of sp³-hybridized carbons (Fsp3) is 0.400. The van der Waals surface area contributed by atoms with Crippen molar-refractivity contribution in [1.29, 1.82) is 0 Å². The Balaban J connectivity index is 1.76. The van der Waals surface area contributed by atoms with Crippen molar-refractivity contribution in [2.24, 2.45) is 0 Å². The predicted octanol–water partition coefficient (Wildman–Crippen LogP) is 1.74. The smallest absolute Gasteiger partial charge is 0.123 e. The number of ether oxygens (including phenoxy) is 2. The molecule has 1 fully saturated rings. The van der Waals surface area contributed by atoms with E-state index in [0.717, 1.165) is 12.2 Å². The lowest BCUT2D eigenvalue weighted by molar-refractivity contribution is 0.104. The van der Waals surface area contributed by atoms with Crippen LogP contribution in [0.1, 0.15) is 5.56 Å². The summed E-state index contributed by atoms with van der Waals surface area (Å²) in [4.78, 5) is 0. The van der Waals surface area contributed by atoms with Crippen LogP contribution in [-0.2, 0) is 16.1 Å². The Morgan fingerprint density at radius 1 is 1.38 bits per heavy atom. The minimum Gasteiger partial charge on any atom is -0.374 e. The summed E-state index contributed by atoms with van der Waals surface area (Å²) in [5.41, 5.74) is 0.988. The second-order valence-corrected chi connectivity index (χ2v) is 3.10. The minimum absolute atomic E-state index is 0.214. The Morgan fingerprint density at radius 3 is 2.69 bits per heavy atom. The SMILES string of the molecule is Fc1ccc(COCC2CO2)cc1. The summed E-state index contributed by atoms with van der Waals surface area (Å²) in [7, 11) is 0. The highest BCUT2D eigenvalue weighted by Gasteiger charge is 2.22. The van der Waals surface area contributed by atoms with Crippen LogP contribution < -0.4 is 0 Å². The first-order valence-corrected chi connectivity index (χ1v) is 4.28. The van der Waals surface area contributed by atoms with Gasteiger partial charge in [0, 0.05) is 0 Å². The maximum atomic E-state index is 12.5.